The fraction of sp³-hybridized carbons (Fsp3) is 0.0400. The quantitative estimate of drug-likeness (QED) is 0.389. The van der Waals surface area contributed by atoms with Gasteiger partial charge in [-0.2, -0.15) is 0 Å². The number of amides is 1. The molecule has 2 aromatic heterocycles. The third kappa shape index (κ3) is 5.90. The Morgan fingerprint density at radius 3 is 2.35 bits per heavy atom. The number of sulfonamides is 1. The molecule has 8 nitrogen and oxygen atoms in total. The zero-order chi connectivity index (χ0) is 24.0. The van der Waals surface area contributed by atoms with Crippen LogP contribution in [-0.4, -0.2) is 29.3 Å². The van der Waals surface area contributed by atoms with E-state index in [1.165, 1.54) is 36.5 Å². The summed E-state index contributed by atoms with van der Waals surface area (Å²) in [7, 11) is -3.85. The average Bonchev–Trinajstić information content (AvgIpc) is 2.84. The third-order valence-corrected chi connectivity index (χ3v) is 6.13. The Morgan fingerprint density at radius 2 is 1.68 bits per heavy atom. The van der Waals surface area contributed by atoms with Crippen molar-refractivity contribution in [2.45, 2.75) is 11.8 Å². The Bertz CT molecular complexity index is 1420. The molecule has 170 valence electrons. The van der Waals surface area contributed by atoms with Crippen molar-refractivity contribution in [3.63, 3.8) is 0 Å². The van der Waals surface area contributed by atoms with Crippen LogP contribution in [0.15, 0.2) is 96.3 Å². The van der Waals surface area contributed by atoms with Gasteiger partial charge in [0.2, 0.25) is 11.9 Å². The second-order valence-electron chi connectivity index (χ2n) is 7.34. The fourth-order valence-corrected chi connectivity index (χ4v) is 4.02. The van der Waals surface area contributed by atoms with Crippen molar-refractivity contribution < 1.29 is 13.2 Å². The number of carbonyl (C=O) groups is 1. The summed E-state index contributed by atoms with van der Waals surface area (Å²) in [5.74, 6) is -0.339. The molecule has 0 aliphatic rings. The van der Waals surface area contributed by atoms with Crippen LogP contribution in [0.3, 0.4) is 0 Å². The molecule has 2 heterocycles. The maximum atomic E-state index is 12.5. The van der Waals surface area contributed by atoms with E-state index < -0.39 is 10.0 Å². The highest BCUT2D eigenvalue weighted by Crippen LogP contribution is 2.19. The molecule has 4 rings (SSSR count). The second-order valence-corrected chi connectivity index (χ2v) is 9.02. The van der Waals surface area contributed by atoms with Gasteiger partial charge in [-0.1, -0.05) is 30.3 Å². The molecule has 0 saturated carbocycles. The van der Waals surface area contributed by atoms with E-state index in [0.717, 1.165) is 16.7 Å². The number of pyridine rings is 1. The molecule has 0 aliphatic carbocycles. The number of carbonyl (C=O) groups excluding carboxylic acids is 1. The van der Waals surface area contributed by atoms with Crippen molar-refractivity contribution in [3.8, 4) is 11.1 Å². The summed E-state index contributed by atoms with van der Waals surface area (Å²) in [4.78, 5) is 24.4. The first-order chi connectivity index (χ1) is 16.4. The summed E-state index contributed by atoms with van der Waals surface area (Å²) in [6.45, 7) is 1.74. The third-order valence-electron chi connectivity index (χ3n) is 4.79. The minimum absolute atomic E-state index is 0.00372. The number of benzene rings is 2. The van der Waals surface area contributed by atoms with Gasteiger partial charge in [0.25, 0.3) is 10.0 Å². The summed E-state index contributed by atoms with van der Waals surface area (Å²) in [6.07, 6.45) is 8.11. The molecule has 2 N–H and O–H groups in total. The van der Waals surface area contributed by atoms with E-state index >= 15 is 0 Å². The first kappa shape index (κ1) is 22.8. The van der Waals surface area contributed by atoms with Gasteiger partial charge in [0, 0.05) is 36.0 Å². The van der Waals surface area contributed by atoms with Gasteiger partial charge >= 0.3 is 0 Å². The molecular formula is C25H21N5O3S. The summed E-state index contributed by atoms with van der Waals surface area (Å²) < 4.78 is 27.4. The number of nitrogens with one attached hydrogen (secondary N) is 2. The van der Waals surface area contributed by atoms with E-state index in [1.807, 2.05) is 36.4 Å². The highest BCUT2D eigenvalue weighted by molar-refractivity contribution is 7.92. The Kier molecular flexibility index (Phi) is 6.74. The number of nitrogens with zero attached hydrogens (tertiary/aromatic N) is 3. The number of hydrogen-bond acceptors (Lipinski definition) is 6. The van der Waals surface area contributed by atoms with Gasteiger partial charge in [-0.25, -0.2) is 23.1 Å². The second kappa shape index (κ2) is 10.1. The number of aryl methyl sites for hydroxylation is 1. The molecule has 4 aromatic rings. The van der Waals surface area contributed by atoms with Gasteiger partial charge in [-0.15, -0.1) is 0 Å². The van der Waals surface area contributed by atoms with E-state index in [9.17, 15) is 13.2 Å². The average molecular weight is 472 g/mol. The number of hydrogen-bond donors (Lipinski definition) is 2. The maximum absolute atomic E-state index is 12.5. The van der Waals surface area contributed by atoms with Crippen molar-refractivity contribution in [2.75, 3.05) is 10.0 Å². The largest absolute Gasteiger partial charge is 0.323 e. The molecule has 9 heteroatoms. The van der Waals surface area contributed by atoms with E-state index in [2.05, 4.69) is 25.0 Å². The lowest BCUT2D eigenvalue weighted by Gasteiger charge is -2.08. The van der Waals surface area contributed by atoms with Crippen molar-refractivity contribution in [1.82, 2.24) is 15.0 Å². The van der Waals surface area contributed by atoms with E-state index in [1.54, 1.807) is 31.5 Å². The van der Waals surface area contributed by atoms with Crippen molar-refractivity contribution in [1.29, 1.82) is 0 Å². The molecule has 0 spiro atoms. The van der Waals surface area contributed by atoms with E-state index in [-0.39, 0.29) is 16.8 Å². The zero-order valence-corrected chi connectivity index (χ0v) is 19.0. The van der Waals surface area contributed by atoms with Crippen LogP contribution in [0, 0.1) is 6.92 Å². The first-order valence-corrected chi connectivity index (χ1v) is 11.8. The highest BCUT2D eigenvalue weighted by atomic mass is 32.2. The summed E-state index contributed by atoms with van der Waals surface area (Å²) in [5.41, 5.74) is 4.03. The van der Waals surface area contributed by atoms with Crippen LogP contribution in [0.4, 0.5) is 11.6 Å². The number of aromatic nitrogens is 3. The Labute approximate surface area is 197 Å². The molecule has 1 amide bonds. The van der Waals surface area contributed by atoms with Gasteiger partial charge in [-0.05, 0) is 66.1 Å². The Hall–Kier alpha value is -4.37. The standard InChI is InChI=1S/C25H21N5O3S/c1-18-14-16-27-25(28-18)30-34(32,33)23-11-9-22(10-12-23)29-24(31)13-6-19-4-7-20(8-5-19)21-3-2-15-26-17-21/h2-17H,1H3,(H,29,31)(H,27,28,30). The van der Waals surface area contributed by atoms with E-state index in [0.29, 0.717) is 11.4 Å². The molecular weight excluding hydrogens is 450 g/mol. The van der Waals surface area contributed by atoms with Gasteiger partial charge in [0.15, 0.2) is 0 Å². The summed E-state index contributed by atoms with van der Waals surface area (Å²) >= 11 is 0. The summed E-state index contributed by atoms with van der Waals surface area (Å²) in [6, 6.07) is 19.1. The minimum atomic E-state index is -3.85. The van der Waals surface area contributed by atoms with Crippen LogP contribution >= 0.6 is 0 Å². The molecule has 0 aliphatic heterocycles. The predicted octanol–water partition coefficient (Wildman–Crippen LogP) is 4.30. The molecule has 2 aromatic carbocycles. The maximum Gasteiger partial charge on any atom is 0.264 e. The monoisotopic (exact) mass is 471 g/mol. The molecule has 0 atom stereocenters. The molecule has 0 radical (unpaired) electrons. The van der Waals surface area contributed by atoms with Crippen LogP contribution in [0.25, 0.3) is 17.2 Å². The smallest absolute Gasteiger partial charge is 0.264 e. The van der Waals surface area contributed by atoms with Crippen LogP contribution in [0.5, 0.6) is 0 Å². The molecule has 0 bridgehead atoms. The van der Waals surface area contributed by atoms with Gasteiger partial charge in [-0.3, -0.25) is 9.78 Å². The van der Waals surface area contributed by atoms with Crippen LogP contribution in [0.2, 0.25) is 0 Å². The lowest BCUT2D eigenvalue weighted by molar-refractivity contribution is -0.111. The lowest BCUT2D eigenvalue weighted by Crippen LogP contribution is -2.15. The normalized spacial score (nSPS) is 11.3. The minimum Gasteiger partial charge on any atom is -0.323 e. The number of anilines is 2. The highest BCUT2D eigenvalue weighted by Gasteiger charge is 2.15. The predicted molar refractivity (Wildman–Crippen MR) is 131 cm³/mol. The Balaban J connectivity index is 1.36. The molecule has 34 heavy (non-hydrogen) atoms. The van der Waals surface area contributed by atoms with Crippen molar-refractivity contribution >= 4 is 33.6 Å². The molecule has 0 unspecified atom stereocenters. The first-order valence-electron chi connectivity index (χ1n) is 10.3. The van der Waals surface area contributed by atoms with Gasteiger partial charge in [0.05, 0.1) is 4.90 Å². The van der Waals surface area contributed by atoms with Crippen molar-refractivity contribution in [2.24, 2.45) is 0 Å². The van der Waals surface area contributed by atoms with Gasteiger partial charge in [0.1, 0.15) is 0 Å². The number of rotatable bonds is 7. The lowest BCUT2D eigenvalue weighted by atomic mass is 10.1. The molecule has 0 fully saturated rings. The van der Waals surface area contributed by atoms with Crippen LogP contribution in [-0.2, 0) is 14.8 Å². The summed E-state index contributed by atoms with van der Waals surface area (Å²) in [5, 5.41) is 2.71. The zero-order valence-electron chi connectivity index (χ0n) is 18.2. The van der Waals surface area contributed by atoms with Crippen LogP contribution in [0.1, 0.15) is 11.3 Å². The van der Waals surface area contributed by atoms with Crippen LogP contribution < -0.4 is 10.0 Å². The SMILES string of the molecule is Cc1ccnc(NS(=O)(=O)c2ccc(NC(=O)C=Cc3ccc(-c4cccnc4)cc3)cc2)n1. The van der Waals surface area contributed by atoms with E-state index in [4.69, 9.17) is 0 Å². The molecule has 0 saturated heterocycles. The van der Waals surface area contributed by atoms with Crippen molar-refractivity contribution in [3.05, 3.63) is 103 Å². The van der Waals surface area contributed by atoms with Gasteiger partial charge < -0.3 is 5.32 Å². The topological polar surface area (TPSA) is 114 Å². The fourth-order valence-electron chi connectivity index (χ4n) is 3.07. The Morgan fingerprint density at radius 1 is 0.912 bits per heavy atom.